The van der Waals surface area contributed by atoms with Crippen molar-refractivity contribution in [1.82, 2.24) is 19.5 Å². The number of nitrogens with one attached hydrogen (secondary N) is 1. The summed E-state index contributed by atoms with van der Waals surface area (Å²) in [5, 5.41) is 3.17. The summed E-state index contributed by atoms with van der Waals surface area (Å²) in [6.07, 6.45) is 5.30. The molecule has 5 heteroatoms. The molecule has 2 aromatic rings. The van der Waals surface area contributed by atoms with Crippen molar-refractivity contribution in [3.8, 4) is 11.4 Å². The molecule has 0 aliphatic heterocycles. The molecule has 0 atom stereocenters. The highest BCUT2D eigenvalue weighted by molar-refractivity contribution is 5.54. The predicted molar refractivity (Wildman–Crippen MR) is 63.0 cm³/mol. The summed E-state index contributed by atoms with van der Waals surface area (Å²) in [6, 6.07) is 2.20. The summed E-state index contributed by atoms with van der Waals surface area (Å²) in [5.74, 6) is 0.647. The average Bonchev–Trinajstić information content (AvgIpc) is 2.64. The number of anilines is 1. The standard InChI is InChI=1S/C11H15N5/c1-8(2)14-11-13-5-4-9(15-11)10-6-12-7-16(10)3/h4-8H,1-3H3,(H,13,14,15). The summed E-state index contributed by atoms with van der Waals surface area (Å²) in [4.78, 5) is 12.7. The third kappa shape index (κ3) is 2.18. The van der Waals surface area contributed by atoms with Crippen LogP contribution in [-0.2, 0) is 7.05 Å². The van der Waals surface area contributed by atoms with E-state index in [4.69, 9.17) is 0 Å². The molecule has 0 fully saturated rings. The summed E-state index contributed by atoms with van der Waals surface area (Å²) in [5.41, 5.74) is 1.85. The molecule has 0 radical (unpaired) electrons. The first-order valence-electron chi connectivity index (χ1n) is 5.23. The SMILES string of the molecule is CC(C)Nc1nccc(-c2cncn2C)n1. The molecule has 16 heavy (non-hydrogen) atoms. The average molecular weight is 217 g/mol. The summed E-state index contributed by atoms with van der Waals surface area (Å²) < 4.78 is 1.93. The molecule has 0 saturated heterocycles. The normalized spacial score (nSPS) is 10.8. The monoisotopic (exact) mass is 217 g/mol. The number of imidazole rings is 1. The third-order valence-electron chi connectivity index (χ3n) is 2.15. The van der Waals surface area contributed by atoms with E-state index in [1.807, 2.05) is 17.7 Å². The molecule has 0 aliphatic carbocycles. The molecule has 0 bridgehead atoms. The molecule has 0 amide bonds. The topological polar surface area (TPSA) is 55.6 Å². The summed E-state index contributed by atoms with van der Waals surface area (Å²) >= 11 is 0. The maximum absolute atomic E-state index is 4.43. The molecule has 2 heterocycles. The zero-order chi connectivity index (χ0) is 11.5. The maximum atomic E-state index is 4.43. The Bertz CT molecular complexity index is 475. The van der Waals surface area contributed by atoms with Crippen LogP contribution in [0, 0.1) is 0 Å². The van der Waals surface area contributed by atoms with Gasteiger partial charge in [-0.1, -0.05) is 0 Å². The van der Waals surface area contributed by atoms with Crippen LogP contribution in [0.25, 0.3) is 11.4 Å². The van der Waals surface area contributed by atoms with E-state index in [9.17, 15) is 0 Å². The molecular formula is C11H15N5. The lowest BCUT2D eigenvalue weighted by molar-refractivity contribution is 0.871. The number of hydrogen-bond donors (Lipinski definition) is 1. The lowest BCUT2D eigenvalue weighted by atomic mass is 10.3. The van der Waals surface area contributed by atoms with Crippen LogP contribution >= 0.6 is 0 Å². The number of rotatable bonds is 3. The van der Waals surface area contributed by atoms with Gasteiger partial charge in [0.25, 0.3) is 0 Å². The van der Waals surface area contributed by atoms with Crippen LogP contribution in [0.5, 0.6) is 0 Å². The fourth-order valence-electron chi connectivity index (χ4n) is 1.43. The molecule has 0 saturated carbocycles. The van der Waals surface area contributed by atoms with E-state index in [2.05, 4.69) is 34.1 Å². The van der Waals surface area contributed by atoms with Gasteiger partial charge in [0, 0.05) is 19.3 Å². The number of nitrogens with zero attached hydrogens (tertiary/aromatic N) is 4. The van der Waals surface area contributed by atoms with Crippen molar-refractivity contribution in [1.29, 1.82) is 0 Å². The Morgan fingerprint density at radius 3 is 2.81 bits per heavy atom. The quantitative estimate of drug-likeness (QED) is 0.850. The smallest absolute Gasteiger partial charge is 0.223 e. The van der Waals surface area contributed by atoms with E-state index in [0.717, 1.165) is 11.4 Å². The minimum atomic E-state index is 0.321. The van der Waals surface area contributed by atoms with Gasteiger partial charge in [0.1, 0.15) is 0 Å². The molecule has 1 N–H and O–H groups in total. The maximum Gasteiger partial charge on any atom is 0.223 e. The van der Waals surface area contributed by atoms with Gasteiger partial charge in [0.15, 0.2) is 0 Å². The van der Waals surface area contributed by atoms with Gasteiger partial charge in [-0.15, -0.1) is 0 Å². The second-order valence-electron chi connectivity index (χ2n) is 3.95. The predicted octanol–water partition coefficient (Wildman–Crippen LogP) is 1.70. The molecule has 5 nitrogen and oxygen atoms in total. The Balaban J connectivity index is 2.33. The highest BCUT2D eigenvalue weighted by Crippen LogP contribution is 2.16. The lowest BCUT2D eigenvalue weighted by Crippen LogP contribution is -2.12. The van der Waals surface area contributed by atoms with Gasteiger partial charge < -0.3 is 9.88 Å². The zero-order valence-corrected chi connectivity index (χ0v) is 9.68. The molecule has 2 aromatic heterocycles. The van der Waals surface area contributed by atoms with Crippen molar-refractivity contribution in [2.24, 2.45) is 7.05 Å². The number of aryl methyl sites for hydroxylation is 1. The lowest BCUT2D eigenvalue weighted by Gasteiger charge is -2.08. The Hall–Kier alpha value is -1.91. The van der Waals surface area contributed by atoms with Crippen LogP contribution in [0.4, 0.5) is 5.95 Å². The van der Waals surface area contributed by atoms with Crippen molar-refractivity contribution in [2.45, 2.75) is 19.9 Å². The van der Waals surface area contributed by atoms with E-state index in [1.165, 1.54) is 0 Å². The van der Waals surface area contributed by atoms with Crippen molar-refractivity contribution < 1.29 is 0 Å². The van der Waals surface area contributed by atoms with Crippen molar-refractivity contribution in [3.05, 3.63) is 24.8 Å². The van der Waals surface area contributed by atoms with Crippen molar-refractivity contribution in [3.63, 3.8) is 0 Å². The largest absolute Gasteiger partial charge is 0.352 e. The fourth-order valence-corrected chi connectivity index (χ4v) is 1.43. The fraction of sp³-hybridized carbons (Fsp3) is 0.364. The molecule has 84 valence electrons. The van der Waals surface area contributed by atoms with Crippen molar-refractivity contribution in [2.75, 3.05) is 5.32 Å². The molecule has 0 unspecified atom stereocenters. The van der Waals surface area contributed by atoms with Crippen LogP contribution in [0.2, 0.25) is 0 Å². The molecular weight excluding hydrogens is 202 g/mol. The molecule has 0 aliphatic rings. The van der Waals surface area contributed by atoms with Gasteiger partial charge in [-0.05, 0) is 19.9 Å². The summed E-state index contributed by atoms with van der Waals surface area (Å²) in [6.45, 7) is 4.11. The van der Waals surface area contributed by atoms with E-state index in [1.54, 1.807) is 18.7 Å². The Labute approximate surface area is 94.6 Å². The number of hydrogen-bond acceptors (Lipinski definition) is 4. The molecule has 2 rings (SSSR count). The van der Waals surface area contributed by atoms with Gasteiger partial charge >= 0.3 is 0 Å². The first kappa shape index (κ1) is 10.6. The van der Waals surface area contributed by atoms with E-state index in [0.29, 0.717) is 12.0 Å². The first-order chi connectivity index (χ1) is 7.66. The minimum Gasteiger partial charge on any atom is -0.352 e. The minimum absolute atomic E-state index is 0.321. The van der Waals surface area contributed by atoms with Crippen molar-refractivity contribution >= 4 is 5.95 Å². The van der Waals surface area contributed by atoms with Gasteiger partial charge in [-0.3, -0.25) is 0 Å². The van der Waals surface area contributed by atoms with Crippen LogP contribution in [0.1, 0.15) is 13.8 Å². The Kier molecular flexibility index (Phi) is 2.85. The van der Waals surface area contributed by atoms with E-state index >= 15 is 0 Å². The Morgan fingerprint density at radius 2 is 2.19 bits per heavy atom. The third-order valence-corrected chi connectivity index (χ3v) is 2.15. The number of aromatic nitrogens is 4. The highest BCUT2D eigenvalue weighted by Gasteiger charge is 2.05. The van der Waals surface area contributed by atoms with Gasteiger partial charge in [0.2, 0.25) is 5.95 Å². The zero-order valence-electron chi connectivity index (χ0n) is 9.68. The van der Waals surface area contributed by atoms with Crippen LogP contribution in [0.15, 0.2) is 24.8 Å². The second-order valence-corrected chi connectivity index (χ2v) is 3.95. The van der Waals surface area contributed by atoms with Crippen LogP contribution in [0.3, 0.4) is 0 Å². The van der Waals surface area contributed by atoms with Gasteiger partial charge in [0.05, 0.1) is 23.9 Å². The van der Waals surface area contributed by atoms with E-state index < -0.39 is 0 Å². The van der Waals surface area contributed by atoms with E-state index in [-0.39, 0.29) is 0 Å². The second kappa shape index (κ2) is 4.30. The van der Waals surface area contributed by atoms with Gasteiger partial charge in [-0.25, -0.2) is 15.0 Å². The first-order valence-corrected chi connectivity index (χ1v) is 5.23. The Morgan fingerprint density at radius 1 is 1.38 bits per heavy atom. The highest BCUT2D eigenvalue weighted by atomic mass is 15.1. The molecule has 0 aromatic carbocycles. The van der Waals surface area contributed by atoms with Crippen LogP contribution in [-0.4, -0.2) is 25.6 Å². The molecule has 0 spiro atoms. The summed E-state index contributed by atoms with van der Waals surface area (Å²) in [7, 11) is 1.94. The van der Waals surface area contributed by atoms with Crippen LogP contribution < -0.4 is 5.32 Å². The van der Waals surface area contributed by atoms with Gasteiger partial charge in [-0.2, -0.15) is 0 Å².